The second-order valence-electron chi connectivity index (χ2n) is 4.65. The first-order chi connectivity index (χ1) is 8.34. The predicted molar refractivity (Wildman–Crippen MR) is 67.6 cm³/mol. The van der Waals surface area contributed by atoms with Crippen LogP contribution in [0.25, 0.3) is 0 Å². The molecule has 2 N–H and O–H groups in total. The number of hydrogen-bond acceptors (Lipinski definition) is 2. The predicted octanol–water partition coefficient (Wildman–Crippen LogP) is 2.75. The molecule has 3 nitrogen and oxygen atoms in total. The molecule has 1 aliphatic rings. The lowest BCUT2D eigenvalue weighted by molar-refractivity contribution is 0.452. The van der Waals surface area contributed by atoms with E-state index in [2.05, 4.69) is 46.5 Å². The molecular weight excluding hydrogens is 210 g/mol. The van der Waals surface area contributed by atoms with Crippen molar-refractivity contribution in [2.75, 3.05) is 0 Å². The summed E-state index contributed by atoms with van der Waals surface area (Å²) in [5, 5.41) is 3.64. The average Bonchev–Trinajstić information content (AvgIpc) is 2.98. The third kappa shape index (κ3) is 1.98. The summed E-state index contributed by atoms with van der Waals surface area (Å²) < 4.78 is 0. The smallest absolute Gasteiger partial charge is 0.122 e. The van der Waals surface area contributed by atoms with Crippen LogP contribution < -0.4 is 5.32 Å². The molecule has 0 amide bonds. The Hall–Kier alpha value is -1.61. The van der Waals surface area contributed by atoms with Crippen LogP contribution in [0, 0.1) is 0 Å². The van der Waals surface area contributed by atoms with Crippen molar-refractivity contribution in [3.8, 4) is 0 Å². The van der Waals surface area contributed by atoms with Gasteiger partial charge in [-0.1, -0.05) is 24.3 Å². The fraction of sp³-hybridized carbons (Fsp3) is 0.357. The van der Waals surface area contributed by atoms with Crippen molar-refractivity contribution in [3.63, 3.8) is 0 Å². The molecular formula is C14H17N3. The minimum atomic E-state index is 0.265. The van der Waals surface area contributed by atoms with Gasteiger partial charge in [-0.25, -0.2) is 4.98 Å². The summed E-state index contributed by atoms with van der Waals surface area (Å²) in [6.07, 6.45) is 6.04. The van der Waals surface area contributed by atoms with Crippen molar-refractivity contribution in [1.82, 2.24) is 15.3 Å². The SMILES string of the molecule is CC(NC1CCc2ccccc21)c1ncc[nH]1. The monoisotopic (exact) mass is 227 g/mol. The molecule has 0 spiro atoms. The summed E-state index contributed by atoms with van der Waals surface area (Å²) in [6.45, 7) is 2.15. The van der Waals surface area contributed by atoms with E-state index in [4.69, 9.17) is 0 Å². The number of imidazole rings is 1. The Balaban J connectivity index is 1.75. The van der Waals surface area contributed by atoms with Gasteiger partial charge in [0.1, 0.15) is 5.82 Å². The number of fused-ring (bicyclic) bond motifs is 1. The lowest BCUT2D eigenvalue weighted by atomic mass is 10.1. The molecule has 2 atom stereocenters. The zero-order valence-electron chi connectivity index (χ0n) is 9.98. The van der Waals surface area contributed by atoms with Gasteiger partial charge >= 0.3 is 0 Å². The van der Waals surface area contributed by atoms with Crippen molar-refractivity contribution in [2.45, 2.75) is 31.8 Å². The molecule has 3 rings (SSSR count). The largest absolute Gasteiger partial charge is 0.347 e. The number of aryl methyl sites for hydroxylation is 1. The summed E-state index contributed by atoms with van der Waals surface area (Å²) in [6, 6.07) is 9.43. The summed E-state index contributed by atoms with van der Waals surface area (Å²) in [5.41, 5.74) is 2.93. The molecule has 88 valence electrons. The fourth-order valence-electron chi connectivity index (χ4n) is 2.63. The molecule has 1 aliphatic carbocycles. The second kappa shape index (κ2) is 4.34. The van der Waals surface area contributed by atoms with Gasteiger partial charge in [-0.3, -0.25) is 0 Å². The van der Waals surface area contributed by atoms with Crippen LogP contribution in [0.15, 0.2) is 36.7 Å². The summed E-state index contributed by atoms with van der Waals surface area (Å²) in [5.74, 6) is 1.01. The normalized spacial score (nSPS) is 20.2. The molecule has 2 aromatic rings. The quantitative estimate of drug-likeness (QED) is 0.846. The summed E-state index contributed by atoms with van der Waals surface area (Å²) in [7, 11) is 0. The van der Waals surface area contributed by atoms with Gasteiger partial charge < -0.3 is 10.3 Å². The Morgan fingerprint density at radius 3 is 3.12 bits per heavy atom. The number of aromatic amines is 1. The Bertz CT molecular complexity index is 490. The van der Waals surface area contributed by atoms with Gasteiger partial charge in [0.15, 0.2) is 0 Å². The van der Waals surface area contributed by atoms with Crippen LogP contribution >= 0.6 is 0 Å². The Kier molecular flexibility index (Phi) is 2.69. The first-order valence-electron chi connectivity index (χ1n) is 6.18. The number of hydrogen-bond donors (Lipinski definition) is 2. The Morgan fingerprint density at radius 1 is 1.41 bits per heavy atom. The molecule has 0 saturated carbocycles. The molecule has 0 saturated heterocycles. The van der Waals surface area contributed by atoms with Gasteiger partial charge in [0.2, 0.25) is 0 Å². The molecule has 1 aromatic carbocycles. The molecule has 1 aromatic heterocycles. The van der Waals surface area contributed by atoms with E-state index in [1.165, 1.54) is 24.0 Å². The highest BCUT2D eigenvalue weighted by Crippen LogP contribution is 2.32. The molecule has 17 heavy (non-hydrogen) atoms. The number of H-pyrrole nitrogens is 1. The first kappa shape index (κ1) is 10.5. The van der Waals surface area contributed by atoms with Crippen molar-refractivity contribution in [1.29, 1.82) is 0 Å². The van der Waals surface area contributed by atoms with E-state index in [1.807, 2.05) is 6.20 Å². The van der Waals surface area contributed by atoms with Crippen LogP contribution in [0.1, 0.15) is 42.4 Å². The maximum Gasteiger partial charge on any atom is 0.122 e. The van der Waals surface area contributed by atoms with Gasteiger partial charge in [0.25, 0.3) is 0 Å². The maximum atomic E-state index is 4.30. The molecule has 0 radical (unpaired) electrons. The van der Waals surface area contributed by atoms with Crippen molar-refractivity contribution in [2.24, 2.45) is 0 Å². The van der Waals surface area contributed by atoms with Gasteiger partial charge in [0.05, 0.1) is 6.04 Å². The number of benzene rings is 1. The van der Waals surface area contributed by atoms with Gasteiger partial charge in [-0.2, -0.15) is 0 Å². The molecule has 3 heteroatoms. The number of nitrogens with one attached hydrogen (secondary N) is 2. The van der Waals surface area contributed by atoms with E-state index in [-0.39, 0.29) is 6.04 Å². The van der Waals surface area contributed by atoms with Gasteiger partial charge in [0, 0.05) is 18.4 Å². The Labute approximate surface area is 101 Å². The van der Waals surface area contributed by atoms with Crippen LogP contribution in [0.5, 0.6) is 0 Å². The van der Waals surface area contributed by atoms with E-state index in [9.17, 15) is 0 Å². The third-order valence-corrected chi connectivity index (χ3v) is 3.51. The van der Waals surface area contributed by atoms with Crippen molar-refractivity contribution >= 4 is 0 Å². The number of aromatic nitrogens is 2. The highest BCUT2D eigenvalue weighted by molar-refractivity contribution is 5.34. The average molecular weight is 227 g/mol. The lowest BCUT2D eigenvalue weighted by Gasteiger charge is -2.18. The van der Waals surface area contributed by atoms with Crippen LogP contribution in [0.2, 0.25) is 0 Å². The van der Waals surface area contributed by atoms with E-state index in [1.54, 1.807) is 6.20 Å². The minimum absolute atomic E-state index is 0.265. The molecule has 0 aliphatic heterocycles. The van der Waals surface area contributed by atoms with Crippen LogP contribution in [-0.4, -0.2) is 9.97 Å². The van der Waals surface area contributed by atoms with Gasteiger partial charge in [-0.15, -0.1) is 0 Å². The van der Waals surface area contributed by atoms with E-state index < -0.39 is 0 Å². The third-order valence-electron chi connectivity index (χ3n) is 3.51. The number of rotatable bonds is 3. The lowest BCUT2D eigenvalue weighted by Crippen LogP contribution is -2.23. The van der Waals surface area contributed by atoms with Crippen LogP contribution in [-0.2, 0) is 6.42 Å². The van der Waals surface area contributed by atoms with Crippen molar-refractivity contribution < 1.29 is 0 Å². The standard InChI is InChI=1S/C14H17N3/c1-10(14-15-8-9-16-14)17-13-7-6-11-4-2-3-5-12(11)13/h2-5,8-10,13,17H,6-7H2,1H3,(H,15,16). The zero-order valence-corrected chi connectivity index (χ0v) is 9.98. The first-order valence-corrected chi connectivity index (χ1v) is 6.18. The molecule has 1 heterocycles. The molecule has 0 fully saturated rings. The highest BCUT2D eigenvalue weighted by Gasteiger charge is 2.23. The van der Waals surface area contributed by atoms with E-state index in [0.717, 1.165) is 5.82 Å². The van der Waals surface area contributed by atoms with Crippen LogP contribution in [0.4, 0.5) is 0 Å². The summed E-state index contributed by atoms with van der Waals surface area (Å²) >= 11 is 0. The Morgan fingerprint density at radius 2 is 2.29 bits per heavy atom. The summed E-state index contributed by atoms with van der Waals surface area (Å²) in [4.78, 5) is 7.46. The number of nitrogens with zero attached hydrogens (tertiary/aromatic N) is 1. The van der Waals surface area contributed by atoms with Gasteiger partial charge in [-0.05, 0) is 30.9 Å². The molecule has 2 unspecified atom stereocenters. The molecule has 0 bridgehead atoms. The van der Waals surface area contributed by atoms with Crippen LogP contribution in [0.3, 0.4) is 0 Å². The highest BCUT2D eigenvalue weighted by atomic mass is 15.0. The zero-order chi connectivity index (χ0) is 11.7. The van der Waals surface area contributed by atoms with E-state index in [0.29, 0.717) is 6.04 Å². The fourth-order valence-corrected chi connectivity index (χ4v) is 2.63. The van der Waals surface area contributed by atoms with E-state index >= 15 is 0 Å². The van der Waals surface area contributed by atoms with Crippen molar-refractivity contribution in [3.05, 3.63) is 53.6 Å². The minimum Gasteiger partial charge on any atom is -0.347 e. The maximum absolute atomic E-state index is 4.30. The second-order valence-corrected chi connectivity index (χ2v) is 4.65. The topological polar surface area (TPSA) is 40.7 Å².